The molecule has 0 radical (unpaired) electrons. The molecule has 1 aliphatic heterocycles. The van der Waals surface area contributed by atoms with E-state index in [0.29, 0.717) is 18.5 Å². The number of amides is 1. The number of fused-ring (bicyclic) bond motifs is 1. The minimum absolute atomic E-state index is 0.0320. The lowest BCUT2D eigenvalue weighted by atomic mass is 9.76. The summed E-state index contributed by atoms with van der Waals surface area (Å²) in [6.45, 7) is 4.53. The van der Waals surface area contributed by atoms with Crippen LogP contribution in [0, 0.1) is 11.3 Å². The van der Waals surface area contributed by atoms with Crippen LogP contribution in [0.3, 0.4) is 0 Å². The molecule has 1 saturated heterocycles. The van der Waals surface area contributed by atoms with Crippen LogP contribution < -0.4 is 4.74 Å². The first kappa shape index (κ1) is 17.3. The molecule has 1 atom stereocenters. The van der Waals surface area contributed by atoms with Gasteiger partial charge in [-0.3, -0.25) is 9.59 Å². The Balaban J connectivity index is 1.98. The molecule has 2 aromatic carbocycles. The molecule has 0 bridgehead atoms. The lowest BCUT2D eigenvalue weighted by Gasteiger charge is -2.28. The zero-order valence-corrected chi connectivity index (χ0v) is 14.8. The number of carboxylic acids is 1. The predicted molar refractivity (Wildman–Crippen MR) is 95.9 cm³/mol. The van der Waals surface area contributed by atoms with Gasteiger partial charge in [0.25, 0.3) is 5.91 Å². The first-order chi connectivity index (χ1) is 11.9. The standard InChI is InChI=1S/C20H23NO4/c1-13(2)20(19(23)24)10-11-21(12-20)18(22)16-8-9-17(25-3)15-7-5-4-6-14(15)16/h4-9,13H,10-12H2,1-3H3,(H,23,24). The summed E-state index contributed by atoms with van der Waals surface area (Å²) in [7, 11) is 1.60. The Morgan fingerprint density at radius 1 is 1.16 bits per heavy atom. The third-order valence-electron chi connectivity index (χ3n) is 5.45. The van der Waals surface area contributed by atoms with Crippen molar-refractivity contribution in [3.05, 3.63) is 42.0 Å². The number of ether oxygens (including phenoxy) is 1. The van der Waals surface area contributed by atoms with Gasteiger partial charge in [-0.05, 0) is 29.9 Å². The molecule has 5 nitrogen and oxygen atoms in total. The highest BCUT2D eigenvalue weighted by molar-refractivity contribution is 6.08. The maximum Gasteiger partial charge on any atom is 0.311 e. The average molecular weight is 341 g/mol. The molecular formula is C20H23NO4. The molecule has 132 valence electrons. The Hall–Kier alpha value is -2.56. The van der Waals surface area contributed by atoms with E-state index in [2.05, 4.69) is 0 Å². The second-order valence-corrected chi connectivity index (χ2v) is 6.95. The number of hydrogen-bond acceptors (Lipinski definition) is 3. The van der Waals surface area contributed by atoms with Crippen LogP contribution in [0.2, 0.25) is 0 Å². The second-order valence-electron chi connectivity index (χ2n) is 6.95. The van der Waals surface area contributed by atoms with Gasteiger partial charge < -0.3 is 14.7 Å². The third kappa shape index (κ3) is 2.73. The van der Waals surface area contributed by atoms with Gasteiger partial charge in [0.15, 0.2) is 0 Å². The summed E-state index contributed by atoms with van der Waals surface area (Å²) in [5.41, 5.74) is -0.279. The van der Waals surface area contributed by atoms with E-state index < -0.39 is 11.4 Å². The number of benzene rings is 2. The van der Waals surface area contributed by atoms with Gasteiger partial charge in [-0.15, -0.1) is 0 Å². The van der Waals surface area contributed by atoms with Crippen molar-refractivity contribution < 1.29 is 19.4 Å². The average Bonchev–Trinajstić information content (AvgIpc) is 3.07. The van der Waals surface area contributed by atoms with Gasteiger partial charge >= 0.3 is 5.97 Å². The molecule has 1 aliphatic rings. The monoisotopic (exact) mass is 341 g/mol. The zero-order valence-electron chi connectivity index (χ0n) is 14.8. The second kappa shape index (κ2) is 6.39. The van der Waals surface area contributed by atoms with Gasteiger partial charge in [0.2, 0.25) is 0 Å². The number of rotatable bonds is 4. The van der Waals surface area contributed by atoms with E-state index >= 15 is 0 Å². The van der Waals surface area contributed by atoms with Crippen molar-refractivity contribution in [3.63, 3.8) is 0 Å². The molecule has 1 amide bonds. The van der Waals surface area contributed by atoms with Gasteiger partial charge in [-0.25, -0.2) is 0 Å². The number of carboxylic acid groups (broad SMARTS) is 1. The number of carbonyl (C=O) groups is 2. The van der Waals surface area contributed by atoms with Crippen LogP contribution in [0.15, 0.2) is 36.4 Å². The van der Waals surface area contributed by atoms with Crippen molar-refractivity contribution in [1.82, 2.24) is 4.90 Å². The summed E-state index contributed by atoms with van der Waals surface area (Å²) in [6.07, 6.45) is 0.486. The van der Waals surface area contributed by atoms with Crippen molar-refractivity contribution in [2.75, 3.05) is 20.2 Å². The first-order valence-electron chi connectivity index (χ1n) is 8.49. The van der Waals surface area contributed by atoms with Crippen molar-refractivity contribution in [1.29, 1.82) is 0 Å². The molecule has 0 spiro atoms. The number of carbonyl (C=O) groups excluding carboxylic acids is 1. The van der Waals surface area contributed by atoms with Gasteiger partial charge in [-0.2, -0.15) is 0 Å². The molecule has 1 fully saturated rings. The van der Waals surface area contributed by atoms with Gasteiger partial charge in [0.05, 0.1) is 12.5 Å². The lowest BCUT2D eigenvalue weighted by Crippen LogP contribution is -2.40. The summed E-state index contributed by atoms with van der Waals surface area (Å²) >= 11 is 0. The van der Waals surface area contributed by atoms with E-state index in [-0.39, 0.29) is 18.4 Å². The van der Waals surface area contributed by atoms with Crippen molar-refractivity contribution in [2.45, 2.75) is 20.3 Å². The van der Waals surface area contributed by atoms with Crippen molar-refractivity contribution in [2.24, 2.45) is 11.3 Å². The minimum Gasteiger partial charge on any atom is -0.496 e. The van der Waals surface area contributed by atoms with Crippen molar-refractivity contribution in [3.8, 4) is 5.75 Å². The fourth-order valence-electron chi connectivity index (χ4n) is 3.71. The number of methoxy groups -OCH3 is 1. The fraction of sp³-hybridized carbons (Fsp3) is 0.400. The minimum atomic E-state index is -0.863. The van der Waals surface area contributed by atoms with Crippen LogP contribution in [-0.2, 0) is 4.79 Å². The number of nitrogens with zero attached hydrogens (tertiary/aromatic N) is 1. The molecule has 5 heteroatoms. The maximum absolute atomic E-state index is 13.1. The van der Waals surface area contributed by atoms with Crippen LogP contribution >= 0.6 is 0 Å². The Bertz CT molecular complexity index is 830. The molecule has 1 heterocycles. The first-order valence-corrected chi connectivity index (χ1v) is 8.49. The Morgan fingerprint density at radius 2 is 1.84 bits per heavy atom. The van der Waals surface area contributed by atoms with Gasteiger partial charge in [0.1, 0.15) is 5.75 Å². The van der Waals surface area contributed by atoms with Gasteiger partial charge in [0, 0.05) is 24.0 Å². The molecular weight excluding hydrogens is 318 g/mol. The molecule has 0 aliphatic carbocycles. The summed E-state index contributed by atoms with van der Waals surface area (Å²) < 4.78 is 5.38. The highest BCUT2D eigenvalue weighted by Crippen LogP contribution is 2.39. The molecule has 2 aromatic rings. The Kier molecular flexibility index (Phi) is 4.41. The summed E-state index contributed by atoms with van der Waals surface area (Å²) in [5.74, 6) is -0.258. The van der Waals surface area contributed by atoms with Crippen LogP contribution in [0.25, 0.3) is 10.8 Å². The van der Waals surface area contributed by atoms with E-state index in [0.717, 1.165) is 16.5 Å². The summed E-state index contributed by atoms with van der Waals surface area (Å²) in [6, 6.07) is 11.2. The lowest BCUT2D eigenvalue weighted by molar-refractivity contribution is -0.150. The van der Waals surface area contributed by atoms with Crippen LogP contribution in [-0.4, -0.2) is 42.1 Å². The number of aliphatic carboxylic acids is 1. The number of hydrogen-bond donors (Lipinski definition) is 1. The normalized spacial score (nSPS) is 20.2. The smallest absolute Gasteiger partial charge is 0.311 e. The largest absolute Gasteiger partial charge is 0.496 e. The van der Waals surface area contributed by atoms with E-state index in [1.54, 1.807) is 24.1 Å². The topological polar surface area (TPSA) is 66.8 Å². The van der Waals surface area contributed by atoms with Crippen LogP contribution in [0.4, 0.5) is 0 Å². The van der Waals surface area contributed by atoms with Crippen molar-refractivity contribution >= 4 is 22.6 Å². The van der Waals surface area contributed by atoms with Crippen LogP contribution in [0.1, 0.15) is 30.6 Å². The molecule has 25 heavy (non-hydrogen) atoms. The quantitative estimate of drug-likeness (QED) is 0.925. The van der Waals surface area contributed by atoms with E-state index in [1.807, 2.05) is 38.1 Å². The van der Waals surface area contributed by atoms with E-state index in [1.165, 1.54) is 0 Å². The van der Waals surface area contributed by atoms with Gasteiger partial charge in [-0.1, -0.05) is 38.1 Å². The molecule has 3 rings (SSSR count). The van der Waals surface area contributed by atoms with E-state index in [4.69, 9.17) is 4.74 Å². The molecule has 1 N–H and O–H groups in total. The SMILES string of the molecule is COc1ccc(C(=O)N2CCC(C(=O)O)(C(C)C)C2)c2ccccc12. The maximum atomic E-state index is 13.1. The third-order valence-corrected chi connectivity index (χ3v) is 5.45. The predicted octanol–water partition coefficient (Wildman–Crippen LogP) is 3.42. The Labute approximate surface area is 147 Å². The highest BCUT2D eigenvalue weighted by Gasteiger charge is 2.48. The zero-order chi connectivity index (χ0) is 18.2. The van der Waals surface area contributed by atoms with E-state index in [9.17, 15) is 14.7 Å². The number of likely N-dealkylation sites (tertiary alicyclic amines) is 1. The molecule has 1 unspecified atom stereocenters. The molecule has 0 aromatic heterocycles. The highest BCUT2D eigenvalue weighted by atomic mass is 16.5. The fourth-order valence-corrected chi connectivity index (χ4v) is 3.71. The van der Waals surface area contributed by atoms with Crippen LogP contribution in [0.5, 0.6) is 5.75 Å². The Morgan fingerprint density at radius 3 is 2.40 bits per heavy atom. The summed E-state index contributed by atoms with van der Waals surface area (Å²) in [5, 5.41) is 11.4. The molecule has 0 saturated carbocycles. The summed E-state index contributed by atoms with van der Waals surface area (Å²) in [4.78, 5) is 26.6.